The molecule has 46 heavy (non-hydrogen) atoms. The number of aryl methyl sites for hydroxylation is 1. The highest BCUT2D eigenvalue weighted by atomic mass is 16.5. The van der Waals surface area contributed by atoms with Gasteiger partial charge in [0.1, 0.15) is 5.75 Å². The lowest BCUT2D eigenvalue weighted by Crippen LogP contribution is -2.47. The van der Waals surface area contributed by atoms with Gasteiger partial charge in [-0.05, 0) is 67.3 Å². The predicted octanol–water partition coefficient (Wildman–Crippen LogP) is 4.83. The minimum atomic E-state index is -1.11. The van der Waals surface area contributed by atoms with Crippen molar-refractivity contribution in [3.05, 3.63) is 84.4 Å². The fraction of sp³-hybridized carbons (Fsp3) is 0.324. The molecule has 0 saturated carbocycles. The van der Waals surface area contributed by atoms with Crippen LogP contribution in [-0.4, -0.2) is 77.4 Å². The summed E-state index contributed by atoms with van der Waals surface area (Å²) < 4.78 is 5.51. The molecule has 3 aromatic carbocycles. The van der Waals surface area contributed by atoms with E-state index in [1.807, 2.05) is 39.0 Å². The normalized spacial score (nSPS) is 10.5. The number of carboxylic acid groups (broad SMARTS) is 1. The number of carbonyl (C=O) groups is 5. The van der Waals surface area contributed by atoms with E-state index >= 15 is 0 Å². The first-order valence-corrected chi connectivity index (χ1v) is 15.0. The number of hydrogen-bond acceptors (Lipinski definition) is 6. The number of urea groups is 1. The maximum absolute atomic E-state index is 13.4. The van der Waals surface area contributed by atoms with E-state index in [2.05, 4.69) is 16.0 Å². The topological polar surface area (TPSA) is 157 Å². The molecule has 0 bridgehead atoms. The average Bonchev–Trinajstić information content (AvgIpc) is 3.02. The van der Waals surface area contributed by atoms with Gasteiger partial charge >= 0.3 is 12.0 Å². The van der Waals surface area contributed by atoms with E-state index in [-0.39, 0.29) is 38.6 Å². The Morgan fingerprint density at radius 1 is 0.739 bits per heavy atom. The summed E-state index contributed by atoms with van der Waals surface area (Å²) in [7, 11) is 0. The molecule has 0 fully saturated rings. The summed E-state index contributed by atoms with van der Waals surface area (Å²) in [4.78, 5) is 65.5. The van der Waals surface area contributed by atoms with Crippen LogP contribution < -0.4 is 20.7 Å². The molecule has 12 nitrogen and oxygen atoms in total. The Morgan fingerprint density at radius 3 is 1.98 bits per heavy atom. The van der Waals surface area contributed by atoms with Gasteiger partial charge in [0.2, 0.25) is 11.8 Å². The lowest BCUT2D eigenvalue weighted by molar-refractivity contribution is -0.144. The summed E-state index contributed by atoms with van der Waals surface area (Å²) >= 11 is 0. The van der Waals surface area contributed by atoms with Crippen molar-refractivity contribution in [3.8, 4) is 5.75 Å². The van der Waals surface area contributed by atoms with Crippen LogP contribution >= 0.6 is 0 Å². The summed E-state index contributed by atoms with van der Waals surface area (Å²) in [5.74, 6) is -1.90. The van der Waals surface area contributed by atoms with Crippen LogP contribution in [0.4, 0.5) is 21.9 Å². The molecule has 0 heterocycles. The Hall–Kier alpha value is -5.39. The van der Waals surface area contributed by atoms with Crippen molar-refractivity contribution in [2.45, 2.75) is 33.6 Å². The van der Waals surface area contributed by atoms with E-state index in [0.29, 0.717) is 29.2 Å². The molecule has 0 aliphatic carbocycles. The van der Waals surface area contributed by atoms with Crippen molar-refractivity contribution < 1.29 is 33.8 Å². The fourth-order valence-corrected chi connectivity index (χ4v) is 4.25. The molecule has 0 aliphatic heterocycles. The minimum Gasteiger partial charge on any atom is -0.484 e. The molecule has 244 valence electrons. The molecule has 0 spiro atoms. The standard InChI is InChI=1S/C34H41N5O7/c1-24(2)17-19-38(31(41)22-39(20-18-33(43)44)32(42)23-46-28-10-5-4-6-11-28)21-30(40)35-26-13-15-27(16-14-26)36-34(45)37-29-12-8-7-9-25(29)3/h4-16,24H,17-23H2,1-3H3,(H,35,40)(H,43,44)(H2,36,37,45). The number of ether oxygens (including phenoxy) is 1. The SMILES string of the molecule is Cc1ccccc1NC(=O)Nc1ccc(NC(=O)CN(CCC(C)C)C(=O)CN(CCC(=O)O)C(=O)COc2ccccc2)cc1. The molecule has 3 aromatic rings. The third kappa shape index (κ3) is 12.3. The van der Waals surface area contributed by atoms with E-state index in [4.69, 9.17) is 4.74 Å². The van der Waals surface area contributed by atoms with Crippen LogP contribution in [0.3, 0.4) is 0 Å². The number of nitrogens with zero attached hydrogens (tertiary/aromatic N) is 2. The van der Waals surface area contributed by atoms with Crippen LogP contribution in [0.25, 0.3) is 0 Å². The lowest BCUT2D eigenvalue weighted by Gasteiger charge is -2.27. The zero-order valence-corrected chi connectivity index (χ0v) is 26.3. The summed E-state index contributed by atoms with van der Waals surface area (Å²) in [5.41, 5.74) is 2.59. The largest absolute Gasteiger partial charge is 0.484 e. The highest BCUT2D eigenvalue weighted by Crippen LogP contribution is 2.17. The fourth-order valence-electron chi connectivity index (χ4n) is 4.25. The van der Waals surface area contributed by atoms with Gasteiger partial charge in [0.25, 0.3) is 5.91 Å². The van der Waals surface area contributed by atoms with Gasteiger partial charge in [-0.1, -0.05) is 50.2 Å². The second kappa shape index (κ2) is 17.8. The number of carboxylic acids is 1. The van der Waals surface area contributed by atoms with E-state index < -0.39 is 36.3 Å². The van der Waals surface area contributed by atoms with Gasteiger partial charge in [-0.15, -0.1) is 0 Å². The number of amides is 5. The smallest absolute Gasteiger partial charge is 0.323 e. The first-order valence-electron chi connectivity index (χ1n) is 15.0. The van der Waals surface area contributed by atoms with Gasteiger partial charge in [0, 0.05) is 30.2 Å². The number of nitrogens with one attached hydrogen (secondary N) is 3. The Kier molecular flexibility index (Phi) is 13.6. The Labute approximate surface area is 268 Å². The molecule has 0 atom stereocenters. The third-order valence-electron chi connectivity index (χ3n) is 6.86. The highest BCUT2D eigenvalue weighted by Gasteiger charge is 2.24. The molecule has 5 amide bonds. The highest BCUT2D eigenvalue weighted by molar-refractivity contribution is 6.00. The minimum absolute atomic E-state index is 0.189. The number of anilines is 3. The first-order chi connectivity index (χ1) is 22.0. The van der Waals surface area contributed by atoms with Gasteiger partial charge in [-0.3, -0.25) is 19.2 Å². The molecular weight excluding hydrogens is 590 g/mol. The third-order valence-corrected chi connectivity index (χ3v) is 6.86. The monoisotopic (exact) mass is 631 g/mol. The van der Waals surface area contributed by atoms with Crippen LogP contribution in [0.1, 0.15) is 32.3 Å². The molecular formula is C34H41N5O7. The second-order valence-electron chi connectivity index (χ2n) is 11.1. The van der Waals surface area contributed by atoms with Crippen LogP contribution in [0, 0.1) is 12.8 Å². The summed E-state index contributed by atoms with van der Waals surface area (Å²) in [6.07, 6.45) is 0.263. The van der Waals surface area contributed by atoms with Crippen molar-refractivity contribution >= 4 is 46.8 Å². The van der Waals surface area contributed by atoms with Gasteiger partial charge in [-0.25, -0.2) is 4.79 Å². The molecule has 0 saturated heterocycles. The van der Waals surface area contributed by atoms with E-state index in [1.165, 1.54) is 4.90 Å². The molecule has 12 heteroatoms. The molecule has 3 rings (SSSR count). The predicted molar refractivity (Wildman–Crippen MR) is 176 cm³/mol. The van der Waals surface area contributed by atoms with Crippen molar-refractivity contribution in [1.82, 2.24) is 9.80 Å². The van der Waals surface area contributed by atoms with Crippen LogP contribution in [0.5, 0.6) is 5.75 Å². The van der Waals surface area contributed by atoms with Crippen molar-refractivity contribution in [2.75, 3.05) is 48.7 Å². The maximum atomic E-state index is 13.4. The van der Waals surface area contributed by atoms with Crippen molar-refractivity contribution in [3.63, 3.8) is 0 Å². The zero-order valence-electron chi connectivity index (χ0n) is 26.3. The number of hydrogen-bond donors (Lipinski definition) is 4. The van der Waals surface area contributed by atoms with Gasteiger partial charge in [-0.2, -0.15) is 0 Å². The average molecular weight is 632 g/mol. The van der Waals surface area contributed by atoms with Crippen LogP contribution in [0.2, 0.25) is 0 Å². The van der Waals surface area contributed by atoms with E-state index in [0.717, 1.165) is 10.5 Å². The van der Waals surface area contributed by atoms with Gasteiger partial charge in [0.15, 0.2) is 6.61 Å². The zero-order chi connectivity index (χ0) is 33.5. The first kappa shape index (κ1) is 35.1. The van der Waals surface area contributed by atoms with Gasteiger partial charge in [0.05, 0.1) is 19.5 Å². The summed E-state index contributed by atoms with van der Waals surface area (Å²) in [6, 6.07) is 22.2. The second-order valence-corrected chi connectivity index (χ2v) is 11.1. The summed E-state index contributed by atoms with van der Waals surface area (Å²) in [6.45, 7) is 4.90. The quantitative estimate of drug-likeness (QED) is 0.176. The Balaban J connectivity index is 1.60. The Bertz CT molecular complexity index is 1480. The number of aliphatic carboxylic acids is 1. The molecule has 0 unspecified atom stereocenters. The molecule has 0 aliphatic rings. The van der Waals surface area contributed by atoms with Gasteiger partial charge < -0.3 is 35.6 Å². The Morgan fingerprint density at radius 2 is 1.35 bits per heavy atom. The number of carbonyl (C=O) groups excluding carboxylic acids is 4. The van der Waals surface area contributed by atoms with E-state index in [1.54, 1.807) is 60.7 Å². The molecule has 4 N–H and O–H groups in total. The molecule has 0 aromatic heterocycles. The number of rotatable bonds is 16. The van der Waals surface area contributed by atoms with Crippen LogP contribution in [0.15, 0.2) is 78.9 Å². The van der Waals surface area contributed by atoms with Crippen molar-refractivity contribution in [2.24, 2.45) is 5.92 Å². The van der Waals surface area contributed by atoms with E-state index in [9.17, 15) is 29.1 Å². The molecule has 0 radical (unpaired) electrons. The summed E-state index contributed by atoms with van der Waals surface area (Å²) in [5, 5.41) is 17.5. The lowest BCUT2D eigenvalue weighted by atomic mass is 10.1. The number of benzene rings is 3. The number of para-hydroxylation sites is 2. The maximum Gasteiger partial charge on any atom is 0.323 e. The van der Waals surface area contributed by atoms with Crippen molar-refractivity contribution in [1.29, 1.82) is 0 Å². The van der Waals surface area contributed by atoms with Crippen LogP contribution in [-0.2, 0) is 19.2 Å².